The average Bonchev–Trinajstić information content (AvgIpc) is 2.36. The van der Waals surface area contributed by atoms with Crippen molar-refractivity contribution in [3.63, 3.8) is 0 Å². The number of hydrogen-bond donors (Lipinski definition) is 1. The summed E-state index contributed by atoms with van der Waals surface area (Å²) >= 11 is 0. The van der Waals surface area contributed by atoms with Gasteiger partial charge < -0.3 is 10.5 Å². The first-order valence-electron chi connectivity index (χ1n) is 5.72. The van der Waals surface area contributed by atoms with Gasteiger partial charge in [0.05, 0.1) is 12.5 Å². The minimum absolute atomic E-state index is 0.223. The molecule has 0 fully saturated rings. The Labute approximate surface area is 108 Å². The first-order valence-corrected chi connectivity index (χ1v) is 5.72. The molecule has 1 rings (SSSR count). The zero-order valence-corrected chi connectivity index (χ0v) is 10.6. The summed E-state index contributed by atoms with van der Waals surface area (Å²) in [5.74, 6) is -1.15. The van der Waals surface area contributed by atoms with Crippen molar-refractivity contribution in [2.75, 3.05) is 6.61 Å². The molecule has 0 radical (unpaired) electrons. The van der Waals surface area contributed by atoms with Gasteiger partial charge in [0, 0.05) is 12.2 Å². The van der Waals surface area contributed by atoms with Crippen molar-refractivity contribution in [2.45, 2.75) is 26.1 Å². The standard InChI is InChI=1S/C12H15F3N2O2/c1-3-19-11(18)7(2)10(16)8-4-5-9(17-6-8)12(13,14)15/h4-7,10H,3,16H2,1-2H3. The first kappa shape index (κ1) is 15.4. The van der Waals surface area contributed by atoms with E-state index in [4.69, 9.17) is 10.5 Å². The van der Waals surface area contributed by atoms with Crippen LogP contribution in [0.5, 0.6) is 0 Å². The maximum atomic E-state index is 12.3. The predicted octanol–water partition coefficient (Wildman–Crippen LogP) is 2.30. The molecule has 1 aromatic heterocycles. The molecule has 1 aromatic rings. The van der Waals surface area contributed by atoms with Crippen LogP contribution in [-0.2, 0) is 15.7 Å². The van der Waals surface area contributed by atoms with Crippen molar-refractivity contribution in [1.29, 1.82) is 0 Å². The van der Waals surface area contributed by atoms with Crippen LogP contribution in [0.1, 0.15) is 31.1 Å². The summed E-state index contributed by atoms with van der Waals surface area (Å²) < 4.78 is 41.8. The smallest absolute Gasteiger partial charge is 0.433 e. The summed E-state index contributed by atoms with van der Waals surface area (Å²) in [6.07, 6.45) is -3.46. The molecule has 0 saturated heterocycles. The normalized spacial score (nSPS) is 14.8. The van der Waals surface area contributed by atoms with Crippen molar-refractivity contribution in [1.82, 2.24) is 4.98 Å². The molecule has 0 spiro atoms. The van der Waals surface area contributed by atoms with Gasteiger partial charge in [0.1, 0.15) is 5.69 Å². The number of halogens is 3. The van der Waals surface area contributed by atoms with Crippen LogP contribution < -0.4 is 5.73 Å². The predicted molar refractivity (Wildman–Crippen MR) is 62.0 cm³/mol. The van der Waals surface area contributed by atoms with E-state index in [9.17, 15) is 18.0 Å². The summed E-state index contributed by atoms with van der Waals surface area (Å²) in [5, 5.41) is 0. The molecule has 0 saturated carbocycles. The summed E-state index contributed by atoms with van der Waals surface area (Å²) in [7, 11) is 0. The number of pyridine rings is 1. The van der Waals surface area contributed by atoms with Crippen molar-refractivity contribution in [3.05, 3.63) is 29.6 Å². The number of carbonyl (C=O) groups is 1. The highest BCUT2D eigenvalue weighted by molar-refractivity contribution is 5.73. The zero-order chi connectivity index (χ0) is 14.6. The molecule has 0 aromatic carbocycles. The van der Waals surface area contributed by atoms with E-state index >= 15 is 0 Å². The summed E-state index contributed by atoms with van der Waals surface area (Å²) in [6.45, 7) is 3.44. The van der Waals surface area contributed by atoms with Crippen LogP contribution in [0, 0.1) is 5.92 Å². The monoisotopic (exact) mass is 276 g/mol. The number of nitrogens with two attached hydrogens (primary N) is 1. The second-order valence-electron chi connectivity index (χ2n) is 4.04. The highest BCUT2D eigenvalue weighted by Crippen LogP contribution is 2.28. The first-order chi connectivity index (χ1) is 8.77. The second-order valence-corrected chi connectivity index (χ2v) is 4.04. The molecule has 2 N–H and O–H groups in total. The number of nitrogens with zero attached hydrogens (tertiary/aromatic N) is 1. The quantitative estimate of drug-likeness (QED) is 0.857. The maximum absolute atomic E-state index is 12.3. The molecule has 0 bridgehead atoms. The van der Waals surface area contributed by atoms with Crippen LogP contribution in [0.15, 0.2) is 18.3 Å². The molecule has 19 heavy (non-hydrogen) atoms. The average molecular weight is 276 g/mol. The van der Waals surface area contributed by atoms with Crippen molar-refractivity contribution < 1.29 is 22.7 Å². The van der Waals surface area contributed by atoms with E-state index in [1.807, 2.05) is 0 Å². The molecule has 0 aliphatic carbocycles. The van der Waals surface area contributed by atoms with Crippen LogP contribution in [0.4, 0.5) is 13.2 Å². The highest BCUT2D eigenvalue weighted by atomic mass is 19.4. The fraction of sp³-hybridized carbons (Fsp3) is 0.500. The number of rotatable bonds is 4. The largest absolute Gasteiger partial charge is 0.466 e. The Morgan fingerprint density at radius 2 is 2.11 bits per heavy atom. The van der Waals surface area contributed by atoms with Gasteiger partial charge in [-0.1, -0.05) is 13.0 Å². The number of aromatic nitrogens is 1. The minimum atomic E-state index is -4.49. The molecule has 7 heteroatoms. The van der Waals surface area contributed by atoms with Gasteiger partial charge in [-0.15, -0.1) is 0 Å². The van der Waals surface area contributed by atoms with Crippen molar-refractivity contribution in [2.24, 2.45) is 11.7 Å². The molecule has 0 aliphatic heterocycles. The number of esters is 1. The lowest BCUT2D eigenvalue weighted by molar-refractivity contribution is -0.148. The Morgan fingerprint density at radius 1 is 1.47 bits per heavy atom. The van der Waals surface area contributed by atoms with Crippen LogP contribution >= 0.6 is 0 Å². The Balaban J connectivity index is 2.83. The third-order valence-electron chi connectivity index (χ3n) is 2.66. The second kappa shape index (κ2) is 6.01. The Hall–Kier alpha value is -1.63. The fourth-order valence-electron chi connectivity index (χ4n) is 1.48. The third kappa shape index (κ3) is 3.92. The number of alkyl halides is 3. The zero-order valence-electron chi connectivity index (χ0n) is 10.6. The van der Waals surface area contributed by atoms with Gasteiger partial charge in [-0.05, 0) is 18.6 Å². The van der Waals surface area contributed by atoms with Gasteiger partial charge in [-0.2, -0.15) is 13.2 Å². The lowest BCUT2D eigenvalue weighted by atomic mass is 9.96. The Morgan fingerprint density at radius 3 is 2.53 bits per heavy atom. The molecule has 1 heterocycles. The molecule has 0 aliphatic rings. The SMILES string of the molecule is CCOC(=O)C(C)C(N)c1ccc(C(F)(F)F)nc1. The summed E-state index contributed by atoms with van der Waals surface area (Å²) in [5.41, 5.74) is 5.17. The van der Waals surface area contributed by atoms with Gasteiger partial charge in [-0.3, -0.25) is 9.78 Å². The minimum Gasteiger partial charge on any atom is -0.466 e. The van der Waals surface area contributed by atoms with E-state index < -0.39 is 29.8 Å². The van der Waals surface area contributed by atoms with Gasteiger partial charge in [0.25, 0.3) is 0 Å². The lowest BCUT2D eigenvalue weighted by Gasteiger charge is -2.18. The molecular formula is C12H15F3N2O2. The number of carbonyl (C=O) groups excluding carboxylic acids is 1. The van der Waals surface area contributed by atoms with Gasteiger partial charge >= 0.3 is 12.1 Å². The molecule has 4 nitrogen and oxygen atoms in total. The topological polar surface area (TPSA) is 65.2 Å². The van der Waals surface area contributed by atoms with Crippen LogP contribution in [-0.4, -0.2) is 17.6 Å². The van der Waals surface area contributed by atoms with Gasteiger partial charge in [-0.25, -0.2) is 0 Å². The third-order valence-corrected chi connectivity index (χ3v) is 2.66. The van der Waals surface area contributed by atoms with Gasteiger partial charge in [0.15, 0.2) is 0 Å². The van der Waals surface area contributed by atoms with E-state index in [1.54, 1.807) is 13.8 Å². The number of ether oxygens (including phenoxy) is 1. The summed E-state index contributed by atoms with van der Waals surface area (Å²) in [4.78, 5) is 14.8. The summed E-state index contributed by atoms with van der Waals surface area (Å²) in [6, 6.07) is 1.30. The van der Waals surface area contributed by atoms with E-state index in [2.05, 4.69) is 4.98 Å². The Kier molecular flexibility index (Phi) is 4.88. The molecular weight excluding hydrogens is 261 g/mol. The van der Waals surface area contributed by atoms with E-state index in [-0.39, 0.29) is 6.61 Å². The van der Waals surface area contributed by atoms with Crippen LogP contribution in [0.25, 0.3) is 0 Å². The number of hydrogen-bond acceptors (Lipinski definition) is 4. The van der Waals surface area contributed by atoms with Crippen LogP contribution in [0.2, 0.25) is 0 Å². The molecule has 106 valence electrons. The highest BCUT2D eigenvalue weighted by Gasteiger charge is 2.32. The van der Waals surface area contributed by atoms with E-state index in [0.29, 0.717) is 5.56 Å². The molecule has 2 unspecified atom stereocenters. The molecule has 2 atom stereocenters. The van der Waals surface area contributed by atoms with E-state index in [0.717, 1.165) is 12.3 Å². The fourth-order valence-corrected chi connectivity index (χ4v) is 1.48. The van der Waals surface area contributed by atoms with Crippen LogP contribution in [0.3, 0.4) is 0 Å². The lowest BCUT2D eigenvalue weighted by Crippen LogP contribution is -2.27. The maximum Gasteiger partial charge on any atom is 0.433 e. The molecule has 0 amide bonds. The Bertz CT molecular complexity index is 432. The van der Waals surface area contributed by atoms with E-state index in [1.165, 1.54) is 6.07 Å². The van der Waals surface area contributed by atoms with Crippen molar-refractivity contribution >= 4 is 5.97 Å². The van der Waals surface area contributed by atoms with Gasteiger partial charge in [0.2, 0.25) is 0 Å². The van der Waals surface area contributed by atoms with Crippen molar-refractivity contribution in [3.8, 4) is 0 Å².